The van der Waals surface area contributed by atoms with Crippen LogP contribution < -0.4 is 10.1 Å². The molecule has 1 fully saturated rings. The highest BCUT2D eigenvalue weighted by Gasteiger charge is 2.50. The third-order valence-electron chi connectivity index (χ3n) is 4.51. The van der Waals surface area contributed by atoms with Gasteiger partial charge in [0.15, 0.2) is 0 Å². The molecule has 3 rings (SSSR count). The lowest BCUT2D eigenvalue weighted by Gasteiger charge is -2.23. The minimum Gasteiger partial charge on any atom is -0.496 e. The van der Waals surface area contributed by atoms with Gasteiger partial charge in [-0.1, -0.05) is 17.7 Å². The van der Waals surface area contributed by atoms with Crippen LogP contribution in [0.3, 0.4) is 0 Å². The molecule has 1 atom stereocenters. The van der Waals surface area contributed by atoms with E-state index in [1.165, 1.54) is 14.0 Å². The van der Waals surface area contributed by atoms with Crippen molar-refractivity contribution in [3.8, 4) is 5.75 Å². The number of halogens is 2. The Balaban J connectivity index is 1.97. The summed E-state index contributed by atoms with van der Waals surface area (Å²) in [6.45, 7) is 3.20. The van der Waals surface area contributed by atoms with Crippen molar-refractivity contribution in [2.75, 3.05) is 7.11 Å². The van der Waals surface area contributed by atoms with Crippen molar-refractivity contribution in [1.29, 1.82) is 0 Å². The van der Waals surface area contributed by atoms with Crippen molar-refractivity contribution in [3.63, 3.8) is 0 Å². The van der Waals surface area contributed by atoms with Gasteiger partial charge in [0.05, 0.1) is 13.7 Å². The highest BCUT2D eigenvalue weighted by molar-refractivity contribution is 6.07. The van der Waals surface area contributed by atoms with E-state index in [0.29, 0.717) is 11.3 Å². The Morgan fingerprint density at radius 3 is 2.58 bits per heavy atom. The van der Waals surface area contributed by atoms with Crippen LogP contribution in [0.1, 0.15) is 23.6 Å². The molecule has 2 aromatic rings. The summed E-state index contributed by atoms with van der Waals surface area (Å²) >= 11 is 0. The number of amides is 3. The Morgan fingerprint density at radius 1 is 1.15 bits per heavy atom. The zero-order valence-corrected chi connectivity index (χ0v) is 14.6. The molecule has 3 amide bonds. The van der Waals surface area contributed by atoms with E-state index in [0.717, 1.165) is 28.7 Å². The first-order chi connectivity index (χ1) is 12.3. The summed E-state index contributed by atoms with van der Waals surface area (Å²) < 4.78 is 33.0. The number of imide groups is 1. The van der Waals surface area contributed by atoms with Crippen LogP contribution >= 0.6 is 0 Å². The van der Waals surface area contributed by atoms with Gasteiger partial charge in [-0.15, -0.1) is 0 Å². The zero-order valence-electron chi connectivity index (χ0n) is 14.6. The van der Waals surface area contributed by atoms with Crippen LogP contribution in [-0.2, 0) is 16.9 Å². The van der Waals surface area contributed by atoms with Gasteiger partial charge in [-0.05, 0) is 38.1 Å². The first kappa shape index (κ1) is 17.8. The first-order valence-corrected chi connectivity index (χ1v) is 7.99. The minimum atomic E-state index is -1.68. The average molecular weight is 360 g/mol. The zero-order chi connectivity index (χ0) is 19.1. The van der Waals surface area contributed by atoms with Gasteiger partial charge >= 0.3 is 6.03 Å². The summed E-state index contributed by atoms with van der Waals surface area (Å²) in [6.07, 6.45) is 0. The highest BCUT2D eigenvalue weighted by atomic mass is 19.1. The summed E-state index contributed by atoms with van der Waals surface area (Å²) in [5.74, 6) is -1.58. The summed E-state index contributed by atoms with van der Waals surface area (Å²) in [5, 5.41) is 2.48. The fourth-order valence-electron chi connectivity index (χ4n) is 3.11. The molecule has 1 heterocycles. The van der Waals surface area contributed by atoms with Gasteiger partial charge in [-0.2, -0.15) is 0 Å². The Kier molecular flexibility index (Phi) is 4.39. The standard InChI is InChI=1S/C19H18F2N2O3/c1-11-4-7-16(26-3)12(8-11)10-23-17(24)19(2,22-18(23)25)14-9-13(20)5-6-15(14)21/h4-9H,10H2,1-3H3,(H,22,25). The van der Waals surface area contributed by atoms with Crippen LogP contribution in [0, 0.1) is 18.6 Å². The maximum atomic E-state index is 14.2. The van der Waals surface area contributed by atoms with Crippen LogP contribution in [-0.4, -0.2) is 23.9 Å². The molecule has 1 aliphatic heterocycles. The molecule has 5 nitrogen and oxygen atoms in total. The van der Waals surface area contributed by atoms with Gasteiger partial charge in [0.2, 0.25) is 0 Å². The number of ether oxygens (including phenoxy) is 1. The number of urea groups is 1. The van der Waals surface area contributed by atoms with Gasteiger partial charge in [0, 0.05) is 11.1 Å². The molecule has 136 valence electrons. The first-order valence-electron chi connectivity index (χ1n) is 7.99. The topological polar surface area (TPSA) is 58.6 Å². The number of methoxy groups -OCH3 is 1. The van der Waals surface area contributed by atoms with E-state index in [2.05, 4.69) is 5.32 Å². The second-order valence-corrected chi connectivity index (χ2v) is 6.39. The fraction of sp³-hybridized carbons (Fsp3) is 0.263. The van der Waals surface area contributed by atoms with Gasteiger partial charge in [0.25, 0.3) is 5.91 Å². The molecule has 0 bridgehead atoms. The smallest absolute Gasteiger partial charge is 0.325 e. The van der Waals surface area contributed by atoms with E-state index in [1.807, 2.05) is 13.0 Å². The lowest BCUT2D eigenvalue weighted by atomic mass is 9.91. The van der Waals surface area contributed by atoms with Crippen molar-refractivity contribution < 1.29 is 23.1 Å². The van der Waals surface area contributed by atoms with Crippen molar-refractivity contribution in [1.82, 2.24) is 10.2 Å². The minimum absolute atomic E-state index is 0.0396. The summed E-state index contributed by atoms with van der Waals surface area (Å²) in [6, 6.07) is 7.53. The van der Waals surface area contributed by atoms with Crippen LogP contribution in [0.4, 0.5) is 13.6 Å². The van der Waals surface area contributed by atoms with E-state index >= 15 is 0 Å². The summed E-state index contributed by atoms with van der Waals surface area (Å²) in [7, 11) is 1.49. The van der Waals surface area contributed by atoms with E-state index in [1.54, 1.807) is 12.1 Å². The van der Waals surface area contributed by atoms with Crippen LogP contribution in [0.25, 0.3) is 0 Å². The van der Waals surface area contributed by atoms with Crippen molar-refractivity contribution in [2.24, 2.45) is 0 Å². The molecular weight excluding hydrogens is 342 g/mol. The molecular formula is C19H18F2N2O3. The molecule has 0 aliphatic carbocycles. The Bertz CT molecular complexity index is 900. The predicted octanol–water partition coefficient (Wildman–Crippen LogP) is 3.25. The lowest BCUT2D eigenvalue weighted by molar-refractivity contribution is -0.131. The molecule has 1 aliphatic rings. The van der Waals surface area contributed by atoms with Gasteiger partial charge in [-0.3, -0.25) is 9.69 Å². The number of rotatable bonds is 4. The number of carbonyl (C=O) groups is 2. The monoisotopic (exact) mass is 360 g/mol. The number of nitrogens with one attached hydrogen (secondary N) is 1. The number of hydrogen-bond donors (Lipinski definition) is 1. The Labute approximate surface area is 149 Å². The molecule has 0 saturated carbocycles. The molecule has 1 N–H and O–H groups in total. The number of benzene rings is 2. The number of hydrogen-bond acceptors (Lipinski definition) is 3. The molecule has 0 spiro atoms. The average Bonchev–Trinajstić information content (AvgIpc) is 2.81. The van der Waals surface area contributed by atoms with Crippen molar-refractivity contribution >= 4 is 11.9 Å². The van der Waals surface area contributed by atoms with Gasteiger partial charge < -0.3 is 10.1 Å². The van der Waals surface area contributed by atoms with Crippen LogP contribution in [0.5, 0.6) is 5.75 Å². The number of aryl methyl sites for hydroxylation is 1. The fourth-order valence-corrected chi connectivity index (χ4v) is 3.11. The summed E-state index contributed by atoms with van der Waals surface area (Å²) in [5.41, 5.74) is -0.318. The second-order valence-electron chi connectivity index (χ2n) is 6.39. The third kappa shape index (κ3) is 2.89. The Hall–Kier alpha value is -2.96. The molecule has 1 saturated heterocycles. The second kappa shape index (κ2) is 6.40. The SMILES string of the molecule is COc1ccc(C)cc1CN1C(=O)NC(C)(c2cc(F)ccc2F)C1=O. The largest absolute Gasteiger partial charge is 0.496 e. The molecule has 1 unspecified atom stereocenters. The highest BCUT2D eigenvalue weighted by Crippen LogP contribution is 2.33. The number of nitrogens with zero attached hydrogens (tertiary/aromatic N) is 1. The van der Waals surface area contributed by atoms with Gasteiger partial charge in [-0.25, -0.2) is 13.6 Å². The van der Waals surface area contributed by atoms with E-state index in [9.17, 15) is 18.4 Å². The lowest BCUT2D eigenvalue weighted by Crippen LogP contribution is -2.41. The Morgan fingerprint density at radius 2 is 1.88 bits per heavy atom. The van der Waals surface area contributed by atoms with Crippen LogP contribution in [0.15, 0.2) is 36.4 Å². The third-order valence-corrected chi connectivity index (χ3v) is 4.51. The molecule has 26 heavy (non-hydrogen) atoms. The molecule has 2 aromatic carbocycles. The van der Waals surface area contributed by atoms with Gasteiger partial charge in [0.1, 0.15) is 22.9 Å². The molecule has 7 heteroatoms. The maximum absolute atomic E-state index is 14.2. The quantitative estimate of drug-likeness (QED) is 0.852. The van der Waals surface area contributed by atoms with E-state index in [4.69, 9.17) is 4.74 Å². The van der Waals surface area contributed by atoms with E-state index < -0.39 is 29.1 Å². The summed E-state index contributed by atoms with van der Waals surface area (Å²) in [4.78, 5) is 26.3. The molecule has 0 aromatic heterocycles. The van der Waals surface area contributed by atoms with Crippen molar-refractivity contribution in [3.05, 3.63) is 64.7 Å². The predicted molar refractivity (Wildman–Crippen MR) is 90.5 cm³/mol. The van der Waals surface area contributed by atoms with Crippen LogP contribution in [0.2, 0.25) is 0 Å². The van der Waals surface area contributed by atoms with E-state index in [-0.39, 0.29) is 12.1 Å². The van der Waals surface area contributed by atoms with Crippen molar-refractivity contribution in [2.45, 2.75) is 25.9 Å². The number of carbonyl (C=O) groups excluding carboxylic acids is 2. The molecule has 0 radical (unpaired) electrons. The normalized spacial score (nSPS) is 19.7. The maximum Gasteiger partial charge on any atom is 0.325 e.